The molecular formula is C18H15Cl2N3O5. The van der Waals surface area contributed by atoms with Crippen molar-refractivity contribution in [3.8, 4) is 5.75 Å². The molecule has 0 aliphatic carbocycles. The van der Waals surface area contributed by atoms with Gasteiger partial charge in [-0.15, -0.1) is 10.1 Å². The van der Waals surface area contributed by atoms with Gasteiger partial charge in [0.2, 0.25) is 0 Å². The Balaban J connectivity index is 0.000000640. The Kier molecular flexibility index (Phi) is 6.97. The molecule has 0 aromatic heterocycles. The van der Waals surface area contributed by atoms with Gasteiger partial charge in [0, 0.05) is 10.6 Å². The lowest BCUT2D eigenvalue weighted by Crippen LogP contribution is -2.21. The summed E-state index contributed by atoms with van der Waals surface area (Å²) in [6.07, 6.45) is 1.77. The van der Waals surface area contributed by atoms with Crippen LogP contribution >= 0.6 is 23.2 Å². The van der Waals surface area contributed by atoms with E-state index < -0.39 is 5.09 Å². The van der Waals surface area contributed by atoms with E-state index >= 15 is 0 Å². The summed E-state index contributed by atoms with van der Waals surface area (Å²) >= 11 is 12.1. The summed E-state index contributed by atoms with van der Waals surface area (Å²) in [5, 5.41) is 20.1. The zero-order valence-electron chi connectivity index (χ0n) is 14.8. The number of benzene rings is 2. The second kappa shape index (κ2) is 9.20. The molecule has 0 unspecified atom stereocenters. The first-order valence-electron chi connectivity index (χ1n) is 7.77. The quantitative estimate of drug-likeness (QED) is 0.445. The number of hydrogen-bond acceptors (Lipinski definition) is 5. The van der Waals surface area contributed by atoms with Gasteiger partial charge in [0.05, 0.1) is 29.1 Å². The van der Waals surface area contributed by atoms with Crippen LogP contribution in [0.5, 0.6) is 5.75 Å². The summed E-state index contributed by atoms with van der Waals surface area (Å²) in [4.78, 5) is 21.1. The monoisotopic (exact) mass is 423 g/mol. The van der Waals surface area contributed by atoms with Crippen molar-refractivity contribution in [3.05, 3.63) is 73.8 Å². The average molecular weight is 424 g/mol. The standard InChI is InChI=1S/C18H14Cl2N2O2.HNO3/c1-11-14(9-12-5-3-4-6-17(12)24-2)18(23)22(21-11)16-8-7-13(19)10-15(16)20;2-1(3)4/h3-10H,1-2H3;(H,2,3,4)/b14-9-;. The molecule has 1 N–H and O–H groups in total. The molecule has 0 saturated heterocycles. The molecule has 8 nitrogen and oxygen atoms in total. The number of ether oxygens (including phenoxy) is 1. The fraction of sp³-hybridized carbons (Fsp3) is 0.111. The van der Waals surface area contributed by atoms with E-state index in [1.807, 2.05) is 24.3 Å². The van der Waals surface area contributed by atoms with E-state index in [4.69, 9.17) is 43.3 Å². The molecule has 146 valence electrons. The summed E-state index contributed by atoms with van der Waals surface area (Å²) < 4.78 is 5.32. The number of halogens is 2. The number of nitrogens with zero attached hydrogens (tertiary/aromatic N) is 3. The predicted octanol–water partition coefficient (Wildman–Crippen LogP) is 4.46. The Morgan fingerprint density at radius 2 is 1.89 bits per heavy atom. The third kappa shape index (κ3) is 4.99. The number of carbonyl (C=O) groups excluding carboxylic acids is 1. The van der Waals surface area contributed by atoms with Gasteiger partial charge in [-0.3, -0.25) is 4.79 Å². The van der Waals surface area contributed by atoms with Gasteiger partial charge >= 0.3 is 0 Å². The fourth-order valence-electron chi connectivity index (χ4n) is 2.44. The number of methoxy groups -OCH3 is 1. The molecule has 0 saturated carbocycles. The number of carbonyl (C=O) groups is 1. The average Bonchev–Trinajstić information content (AvgIpc) is 2.90. The Bertz CT molecular complexity index is 971. The van der Waals surface area contributed by atoms with Crippen molar-refractivity contribution in [3.63, 3.8) is 0 Å². The topological polar surface area (TPSA) is 105 Å². The van der Waals surface area contributed by atoms with Crippen molar-refractivity contribution in [2.24, 2.45) is 5.10 Å². The van der Waals surface area contributed by atoms with Crippen molar-refractivity contribution < 1.29 is 19.8 Å². The zero-order chi connectivity index (χ0) is 20.8. The molecule has 0 bridgehead atoms. The molecule has 0 fully saturated rings. The summed E-state index contributed by atoms with van der Waals surface area (Å²) in [6, 6.07) is 12.4. The number of hydrazone groups is 1. The maximum absolute atomic E-state index is 12.8. The lowest BCUT2D eigenvalue weighted by Gasteiger charge is -2.13. The Hall–Kier alpha value is -3.10. The summed E-state index contributed by atoms with van der Waals surface area (Å²) in [6.45, 7) is 1.78. The third-order valence-corrected chi connectivity index (χ3v) is 4.18. The van der Waals surface area contributed by atoms with E-state index in [9.17, 15) is 4.79 Å². The van der Waals surface area contributed by atoms with E-state index in [1.54, 1.807) is 38.3 Å². The van der Waals surface area contributed by atoms with Gasteiger partial charge in [-0.1, -0.05) is 41.4 Å². The molecule has 1 aliphatic heterocycles. The molecule has 10 heteroatoms. The van der Waals surface area contributed by atoms with Gasteiger partial charge in [0.15, 0.2) is 0 Å². The molecule has 28 heavy (non-hydrogen) atoms. The van der Waals surface area contributed by atoms with Gasteiger partial charge in [0.25, 0.3) is 11.0 Å². The first kappa shape index (κ1) is 21.2. The number of hydrogen-bond donors (Lipinski definition) is 1. The van der Waals surface area contributed by atoms with Crippen LogP contribution in [0.2, 0.25) is 10.0 Å². The number of para-hydroxylation sites is 1. The second-order valence-corrected chi connectivity index (χ2v) is 6.28. The van der Waals surface area contributed by atoms with Crippen LogP contribution in [0.15, 0.2) is 53.1 Å². The number of amides is 1. The van der Waals surface area contributed by atoms with E-state index in [1.165, 1.54) is 5.01 Å². The van der Waals surface area contributed by atoms with E-state index in [2.05, 4.69) is 5.10 Å². The third-order valence-electron chi connectivity index (χ3n) is 3.64. The molecule has 2 aromatic rings. The highest BCUT2D eigenvalue weighted by molar-refractivity contribution is 6.38. The second-order valence-electron chi connectivity index (χ2n) is 5.44. The fourth-order valence-corrected chi connectivity index (χ4v) is 2.93. The van der Waals surface area contributed by atoms with E-state index in [0.29, 0.717) is 32.8 Å². The number of anilines is 1. The van der Waals surface area contributed by atoms with Crippen LogP contribution in [0.4, 0.5) is 5.69 Å². The highest BCUT2D eigenvalue weighted by atomic mass is 35.5. The summed E-state index contributed by atoms with van der Waals surface area (Å²) in [7, 11) is 1.59. The van der Waals surface area contributed by atoms with Crippen LogP contribution in [0, 0.1) is 10.1 Å². The molecule has 3 rings (SSSR count). The molecule has 0 spiro atoms. The van der Waals surface area contributed by atoms with Crippen LogP contribution in [-0.2, 0) is 4.79 Å². The van der Waals surface area contributed by atoms with Gasteiger partial charge in [0.1, 0.15) is 5.75 Å². The largest absolute Gasteiger partial charge is 0.496 e. The molecule has 1 amide bonds. The van der Waals surface area contributed by atoms with Crippen molar-refractivity contribution >= 4 is 46.6 Å². The minimum Gasteiger partial charge on any atom is -0.496 e. The summed E-state index contributed by atoms with van der Waals surface area (Å²) in [5.41, 5.74) is 2.40. The smallest absolute Gasteiger partial charge is 0.291 e. The van der Waals surface area contributed by atoms with Crippen LogP contribution in [0.25, 0.3) is 6.08 Å². The van der Waals surface area contributed by atoms with Crippen molar-refractivity contribution in [2.75, 3.05) is 12.1 Å². The summed E-state index contributed by atoms with van der Waals surface area (Å²) in [5.74, 6) is 0.441. The SMILES string of the molecule is COc1ccccc1/C=C1\C(=O)N(c2ccc(Cl)cc2Cl)N=C1C.O=[N+]([O-])O. The molecule has 0 radical (unpaired) electrons. The van der Waals surface area contributed by atoms with Gasteiger partial charge in [-0.2, -0.15) is 10.1 Å². The van der Waals surface area contributed by atoms with Crippen LogP contribution in [0.3, 0.4) is 0 Å². The molecule has 0 atom stereocenters. The van der Waals surface area contributed by atoms with Crippen molar-refractivity contribution in [2.45, 2.75) is 6.92 Å². The molecular weight excluding hydrogens is 409 g/mol. The van der Waals surface area contributed by atoms with Gasteiger partial charge in [-0.05, 0) is 37.3 Å². The maximum Gasteiger partial charge on any atom is 0.291 e. The Morgan fingerprint density at radius 3 is 2.50 bits per heavy atom. The lowest BCUT2D eigenvalue weighted by molar-refractivity contribution is -0.742. The first-order valence-corrected chi connectivity index (χ1v) is 8.53. The van der Waals surface area contributed by atoms with Gasteiger partial charge < -0.3 is 9.94 Å². The first-order chi connectivity index (χ1) is 13.2. The van der Waals surface area contributed by atoms with Crippen molar-refractivity contribution in [1.29, 1.82) is 0 Å². The Morgan fingerprint density at radius 1 is 1.25 bits per heavy atom. The predicted molar refractivity (Wildman–Crippen MR) is 107 cm³/mol. The van der Waals surface area contributed by atoms with Crippen LogP contribution in [0.1, 0.15) is 12.5 Å². The minimum atomic E-state index is -1.50. The van der Waals surface area contributed by atoms with Crippen LogP contribution < -0.4 is 9.75 Å². The molecule has 2 aromatic carbocycles. The highest BCUT2D eigenvalue weighted by Crippen LogP contribution is 2.33. The number of rotatable bonds is 3. The normalized spacial score (nSPS) is 14.4. The maximum atomic E-state index is 12.8. The van der Waals surface area contributed by atoms with Gasteiger partial charge in [-0.25, -0.2) is 0 Å². The molecule has 1 aliphatic rings. The lowest BCUT2D eigenvalue weighted by atomic mass is 10.1. The minimum absolute atomic E-state index is 0.248. The van der Waals surface area contributed by atoms with Crippen LogP contribution in [-0.4, -0.2) is 29.0 Å². The Labute approximate surface area is 170 Å². The molecule has 1 heterocycles. The zero-order valence-corrected chi connectivity index (χ0v) is 16.3. The van der Waals surface area contributed by atoms with E-state index in [-0.39, 0.29) is 5.91 Å². The van der Waals surface area contributed by atoms with Crippen molar-refractivity contribution in [1.82, 2.24) is 0 Å². The highest BCUT2D eigenvalue weighted by Gasteiger charge is 2.30. The van der Waals surface area contributed by atoms with E-state index in [0.717, 1.165) is 5.56 Å².